The van der Waals surface area contributed by atoms with Crippen molar-refractivity contribution < 1.29 is 9.90 Å². The fourth-order valence-electron chi connectivity index (χ4n) is 1.11. The zero-order valence-electron chi connectivity index (χ0n) is 9.04. The van der Waals surface area contributed by atoms with Gasteiger partial charge in [-0.1, -0.05) is 0 Å². The molecule has 0 fully saturated rings. The van der Waals surface area contributed by atoms with Gasteiger partial charge in [-0.3, -0.25) is 4.79 Å². The molecule has 0 aromatic carbocycles. The Bertz CT molecular complexity index is 163. The third kappa shape index (κ3) is 6.23. The number of hydrogen-bond acceptors (Lipinski definition) is 4. The molecule has 0 saturated heterocycles. The molecule has 0 aliphatic heterocycles. The molecular formula is C9H20N2O2S. The largest absolute Gasteiger partial charge is 0.395 e. The first-order chi connectivity index (χ1) is 6.61. The Kier molecular flexibility index (Phi) is 7.93. The van der Waals surface area contributed by atoms with Crippen LogP contribution in [0.2, 0.25) is 0 Å². The minimum absolute atomic E-state index is 0.0111. The number of rotatable bonds is 7. The summed E-state index contributed by atoms with van der Waals surface area (Å²) < 4.78 is 0. The smallest absolute Gasteiger partial charge is 0.216 e. The lowest BCUT2D eigenvalue weighted by Gasteiger charge is -2.21. The van der Waals surface area contributed by atoms with Crippen molar-refractivity contribution in [2.75, 3.05) is 26.0 Å². The third-order valence-electron chi connectivity index (χ3n) is 2.01. The second-order valence-corrected chi connectivity index (χ2v) is 4.26. The summed E-state index contributed by atoms with van der Waals surface area (Å²) in [6.45, 7) is 5.08. The molecule has 2 atom stereocenters. The van der Waals surface area contributed by atoms with Crippen LogP contribution in [0, 0.1) is 0 Å². The Labute approximate surface area is 89.8 Å². The van der Waals surface area contributed by atoms with Gasteiger partial charge in [0, 0.05) is 31.3 Å². The van der Waals surface area contributed by atoms with Crippen molar-refractivity contribution in [2.45, 2.75) is 25.1 Å². The van der Waals surface area contributed by atoms with Crippen LogP contribution < -0.4 is 10.6 Å². The monoisotopic (exact) mass is 220 g/mol. The van der Waals surface area contributed by atoms with E-state index in [1.165, 1.54) is 6.92 Å². The first-order valence-corrected chi connectivity index (χ1v) is 6.02. The van der Waals surface area contributed by atoms with Crippen LogP contribution in [0.4, 0.5) is 0 Å². The lowest BCUT2D eigenvalue weighted by molar-refractivity contribution is -0.118. The van der Waals surface area contributed by atoms with Crippen molar-refractivity contribution in [1.82, 2.24) is 10.6 Å². The molecular weight excluding hydrogens is 200 g/mol. The van der Waals surface area contributed by atoms with Crippen molar-refractivity contribution in [3.05, 3.63) is 0 Å². The quantitative estimate of drug-likeness (QED) is 0.521. The lowest BCUT2D eigenvalue weighted by Crippen LogP contribution is -2.41. The third-order valence-corrected chi connectivity index (χ3v) is 3.17. The maximum atomic E-state index is 10.6. The van der Waals surface area contributed by atoms with Crippen molar-refractivity contribution in [1.29, 1.82) is 0 Å². The number of aliphatic hydroxyl groups excluding tert-OH is 1. The summed E-state index contributed by atoms with van der Waals surface area (Å²) in [7, 11) is 0. The van der Waals surface area contributed by atoms with Gasteiger partial charge in [0.15, 0.2) is 0 Å². The van der Waals surface area contributed by atoms with Crippen LogP contribution in [-0.4, -0.2) is 48.3 Å². The summed E-state index contributed by atoms with van der Waals surface area (Å²) in [6, 6.07) is 0.253. The Morgan fingerprint density at radius 3 is 2.57 bits per heavy atom. The molecule has 3 N–H and O–H groups in total. The van der Waals surface area contributed by atoms with Crippen LogP contribution in [0.15, 0.2) is 0 Å². The van der Waals surface area contributed by atoms with Gasteiger partial charge in [0.2, 0.25) is 5.91 Å². The SMILES string of the molecule is CSC(CO)C(C)NCCNC(C)=O. The first-order valence-electron chi connectivity index (χ1n) is 4.73. The van der Waals surface area contributed by atoms with Gasteiger partial charge >= 0.3 is 0 Å². The topological polar surface area (TPSA) is 61.4 Å². The van der Waals surface area contributed by atoms with E-state index in [0.29, 0.717) is 6.54 Å². The standard InChI is InChI=1S/C9H20N2O2S/c1-7(9(6-12)14-3)10-4-5-11-8(2)13/h7,9-10,12H,4-6H2,1-3H3,(H,11,13). The van der Waals surface area contributed by atoms with E-state index in [1.54, 1.807) is 11.8 Å². The maximum Gasteiger partial charge on any atom is 0.216 e. The zero-order valence-corrected chi connectivity index (χ0v) is 9.86. The lowest BCUT2D eigenvalue weighted by atomic mass is 10.2. The predicted octanol–water partition coefficient (Wildman–Crippen LogP) is -0.176. The summed E-state index contributed by atoms with van der Waals surface area (Å²) >= 11 is 1.64. The Hall–Kier alpha value is -0.260. The molecule has 84 valence electrons. The highest BCUT2D eigenvalue weighted by Crippen LogP contribution is 2.09. The number of aliphatic hydroxyl groups is 1. The molecule has 0 spiro atoms. The van der Waals surface area contributed by atoms with Crippen LogP contribution in [-0.2, 0) is 4.79 Å². The minimum Gasteiger partial charge on any atom is -0.395 e. The number of thioether (sulfide) groups is 1. The number of nitrogens with one attached hydrogen (secondary N) is 2. The van der Waals surface area contributed by atoms with Crippen molar-refractivity contribution >= 4 is 17.7 Å². The molecule has 1 amide bonds. The van der Waals surface area contributed by atoms with E-state index < -0.39 is 0 Å². The van der Waals surface area contributed by atoms with Gasteiger partial charge in [-0.25, -0.2) is 0 Å². The van der Waals surface area contributed by atoms with Crippen LogP contribution in [0.3, 0.4) is 0 Å². The highest BCUT2D eigenvalue weighted by molar-refractivity contribution is 7.99. The van der Waals surface area contributed by atoms with Crippen molar-refractivity contribution in [2.24, 2.45) is 0 Å². The molecule has 0 aliphatic rings. The van der Waals surface area contributed by atoms with E-state index in [2.05, 4.69) is 10.6 Å². The molecule has 14 heavy (non-hydrogen) atoms. The van der Waals surface area contributed by atoms with E-state index in [4.69, 9.17) is 5.11 Å². The van der Waals surface area contributed by atoms with Crippen LogP contribution in [0.1, 0.15) is 13.8 Å². The molecule has 0 saturated carbocycles. The number of amides is 1. The zero-order chi connectivity index (χ0) is 11.0. The predicted molar refractivity (Wildman–Crippen MR) is 60.5 cm³/mol. The minimum atomic E-state index is -0.0111. The van der Waals surface area contributed by atoms with Crippen LogP contribution in [0.5, 0.6) is 0 Å². The Morgan fingerprint density at radius 1 is 1.50 bits per heavy atom. The molecule has 0 aliphatic carbocycles. The summed E-state index contributed by atoms with van der Waals surface area (Å²) in [5.74, 6) is -0.0111. The summed E-state index contributed by atoms with van der Waals surface area (Å²) in [4.78, 5) is 10.6. The van der Waals surface area contributed by atoms with E-state index in [1.807, 2.05) is 13.2 Å². The van der Waals surface area contributed by atoms with Crippen LogP contribution in [0.25, 0.3) is 0 Å². The number of carbonyl (C=O) groups excluding carboxylic acids is 1. The Balaban J connectivity index is 3.51. The summed E-state index contributed by atoms with van der Waals surface area (Å²) in [5.41, 5.74) is 0. The van der Waals surface area contributed by atoms with Crippen molar-refractivity contribution in [3.8, 4) is 0 Å². The van der Waals surface area contributed by atoms with E-state index in [-0.39, 0.29) is 23.8 Å². The van der Waals surface area contributed by atoms with Gasteiger partial charge in [0.25, 0.3) is 0 Å². The number of carbonyl (C=O) groups is 1. The molecule has 4 nitrogen and oxygen atoms in total. The molecule has 5 heteroatoms. The second kappa shape index (κ2) is 8.08. The molecule has 0 heterocycles. The van der Waals surface area contributed by atoms with E-state index in [0.717, 1.165) is 6.54 Å². The van der Waals surface area contributed by atoms with Gasteiger partial charge in [-0.2, -0.15) is 11.8 Å². The summed E-state index contributed by atoms with van der Waals surface area (Å²) in [6.07, 6.45) is 1.98. The Morgan fingerprint density at radius 2 is 2.14 bits per heavy atom. The second-order valence-electron chi connectivity index (χ2n) is 3.18. The molecule has 0 aromatic rings. The van der Waals surface area contributed by atoms with Crippen LogP contribution >= 0.6 is 11.8 Å². The average molecular weight is 220 g/mol. The van der Waals surface area contributed by atoms with Gasteiger partial charge in [0.05, 0.1) is 6.61 Å². The van der Waals surface area contributed by atoms with E-state index in [9.17, 15) is 4.79 Å². The summed E-state index contributed by atoms with van der Waals surface area (Å²) in [5, 5.41) is 15.2. The maximum absolute atomic E-state index is 10.6. The van der Waals surface area contributed by atoms with E-state index >= 15 is 0 Å². The molecule has 0 radical (unpaired) electrons. The first kappa shape index (κ1) is 13.7. The van der Waals surface area contributed by atoms with Gasteiger partial charge < -0.3 is 15.7 Å². The molecule has 0 aromatic heterocycles. The van der Waals surface area contributed by atoms with Gasteiger partial charge in [0.1, 0.15) is 0 Å². The fraction of sp³-hybridized carbons (Fsp3) is 0.889. The fourth-order valence-corrected chi connectivity index (χ4v) is 1.76. The van der Waals surface area contributed by atoms with Crippen molar-refractivity contribution in [3.63, 3.8) is 0 Å². The molecule has 0 bridgehead atoms. The highest BCUT2D eigenvalue weighted by atomic mass is 32.2. The average Bonchev–Trinajstić information content (AvgIpc) is 2.14. The number of hydrogen-bond donors (Lipinski definition) is 3. The highest BCUT2D eigenvalue weighted by Gasteiger charge is 2.13. The molecule has 0 rings (SSSR count). The van der Waals surface area contributed by atoms with Gasteiger partial charge in [-0.05, 0) is 13.2 Å². The normalized spacial score (nSPS) is 14.9. The van der Waals surface area contributed by atoms with Gasteiger partial charge in [-0.15, -0.1) is 0 Å². The molecule has 2 unspecified atom stereocenters.